The van der Waals surface area contributed by atoms with Gasteiger partial charge in [-0.1, -0.05) is 78.9 Å². The molecule has 1 spiro atoms. The Morgan fingerprint density at radius 3 is 2.12 bits per heavy atom. The van der Waals surface area contributed by atoms with Gasteiger partial charge in [0.1, 0.15) is 11.5 Å². The topological polar surface area (TPSA) is 66.9 Å². The van der Waals surface area contributed by atoms with Crippen LogP contribution in [0.5, 0.6) is 0 Å². The van der Waals surface area contributed by atoms with Crippen LogP contribution in [0.25, 0.3) is 0 Å². The van der Waals surface area contributed by atoms with Gasteiger partial charge in [-0.05, 0) is 29.7 Å². The number of ether oxygens (including phenoxy) is 1. The van der Waals surface area contributed by atoms with E-state index >= 15 is 0 Å². The molecule has 34 heavy (non-hydrogen) atoms. The molecule has 5 rings (SSSR count). The van der Waals surface area contributed by atoms with E-state index in [4.69, 9.17) is 4.74 Å². The summed E-state index contributed by atoms with van der Waals surface area (Å²) in [6.45, 7) is 2.50. The summed E-state index contributed by atoms with van der Waals surface area (Å²) < 4.78 is 5.44. The Hall–Kier alpha value is -3.93. The first-order valence-corrected chi connectivity index (χ1v) is 11.5. The highest BCUT2D eigenvalue weighted by molar-refractivity contribution is 6.15. The number of carbonyl (C=O) groups is 3. The molecule has 172 valence electrons. The maximum Gasteiger partial charge on any atom is 0.330 e. The van der Waals surface area contributed by atoms with Gasteiger partial charge in [0.05, 0.1) is 13.2 Å². The highest BCUT2D eigenvalue weighted by atomic mass is 16.5. The predicted octanol–water partition coefficient (Wildman–Crippen LogP) is 3.84. The van der Waals surface area contributed by atoms with Crippen molar-refractivity contribution in [2.75, 3.05) is 11.5 Å². The third-order valence-electron chi connectivity index (χ3n) is 6.72. The van der Waals surface area contributed by atoms with E-state index < -0.39 is 17.4 Å². The standard InChI is InChI=1S/C28H26N2O4/c1-2-34-26(32)25-28(17-24(31)30(25)19-21-13-7-4-8-14-21)22-15-9-10-16-23(22)29(27(28)33)18-20-11-5-3-6-12-20/h3-16,25H,2,17-19H2,1H3/t25-,28+/m0/s1. The number of amides is 2. The number of anilines is 1. The van der Waals surface area contributed by atoms with Gasteiger partial charge in [0.25, 0.3) is 0 Å². The lowest BCUT2D eigenvalue weighted by Crippen LogP contribution is -2.54. The zero-order chi connectivity index (χ0) is 23.7. The van der Waals surface area contributed by atoms with Crippen molar-refractivity contribution in [1.29, 1.82) is 0 Å². The molecule has 3 aromatic rings. The summed E-state index contributed by atoms with van der Waals surface area (Å²) in [6.07, 6.45) is -0.0650. The van der Waals surface area contributed by atoms with Gasteiger partial charge in [0.15, 0.2) is 0 Å². The monoisotopic (exact) mass is 454 g/mol. The lowest BCUT2D eigenvalue weighted by atomic mass is 9.74. The first-order chi connectivity index (χ1) is 16.6. The summed E-state index contributed by atoms with van der Waals surface area (Å²) in [5.41, 5.74) is 1.99. The van der Waals surface area contributed by atoms with Crippen LogP contribution >= 0.6 is 0 Å². The second-order valence-corrected chi connectivity index (χ2v) is 8.70. The molecule has 2 heterocycles. The number of rotatable bonds is 6. The van der Waals surface area contributed by atoms with Crippen LogP contribution in [-0.4, -0.2) is 35.3 Å². The maximum atomic E-state index is 14.2. The highest BCUT2D eigenvalue weighted by Gasteiger charge is 2.66. The number of para-hydroxylation sites is 1. The first-order valence-electron chi connectivity index (χ1n) is 11.5. The minimum absolute atomic E-state index is 0.0650. The van der Waals surface area contributed by atoms with Crippen LogP contribution in [0.3, 0.4) is 0 Å². The second kappa shape index (κ2) is 8.78. The smallest absolute Gasteiger partial charge is 0.330 e. The SMILES string of the molecule is CCOC(=O)[C@@H]1N(Cc2ccccc2)C(=O)C[C@]12C(=O)N(Cc1ccccc1)c1ccccc12. The predicted molar refractivity (Wildman–Crippen MR) is 128 cm³/mol. The molecular weight excluding hydrogens is 428 g/mol. The number of carbonyl (C=O) groups excluding carboxylic acids is 3. The number of nitrogens with zero attached hydrogens (tertiary/aromatic N) is 2. The van der Waals surface area contributed by atoms with Gasteiger partial charge < -0.3 is 14.5 Å². The van der Waals surface area contributed by atoms with Crippen molar-refractivity contribution in [1.82, 2.24) is 4.90 Å². The zero-order valence-corrected chi connectivity index (χ0v) is 19.0. The largest absolute Gasteiger partial charge is 0.464 e. The van der Waals surface area contributed by atoms with E-state index in [1.807, 2.05) is 84.9 Å². The third-order valence-corrected chi connectivity index (χ3v) is 6.72. The Labute approximate surface area is 198 Å². The van der Waals surface area contributed by atoms with Gasteiger partial charge in [-0.3, -0.25) is 9.59 Å². The van der Waals surface area contributed by atoms with Gasteiger partial charge in [0.2, 0.25) is 11.8 Å². The van der Waals surface area contributed by atoms with E-state index in [1.165, 1.54) is 4.90 Å². The molecule has 6 heteroatoms. The lowest BCUT2D eigenvalue weighted by Gasteiger charge is -2.32. The summed E-state index contributed by atoms with van der Waals surface area (Å²) in [7, 11) is 0. The molecule has 0 N–H and O–H groups in total. The van der Waals surface area contributed by atoms with Crippen molar-refractivity contribution in [3.63, 3.8) is 0 Å². The van der Waals surface area contributed by atoms with E-state index in [0.29, 0.717) is 12.1 Å². The van der Waals surface area contributed by atoms with E-state index in [9.17, 15) is 14.4 Å². The number of benzene rings is 3. The number of hydrogen-bond acceptors (Lipinski definition) is 4. The van der Waals surface area contributed by atoms with Crippen LogP contribution in [0.1, 0.15) is 30.0 Å². The van der Waals surface area contributed by atoms with Crippen LogP contribution in [0.4, 0.5) is 5.69 Å². The minimum Gasteiger partial charge on any atom is -0.464 e. The van der Waals surface area contributed by atoms with Crippen LogP contribution in [0, 0.1) is 0 Å². The van der Waals surface area contributed by atoms with Crippen LogP contribution in [-0.2, 0) is 37.6 Å². The van der Waals surface area contributed by atoms with Crippen LogP contribution < -0.4 is 4.90 Å². The molecule has 0 aliphatic carbocycles. The Morgan fingerprint density at radius 2 is 1.47 bits per heavy atom. The summed E-state index contributed by atoms with van der Waals surface area (Å²) in [6, 6.07) is 25.7. The summed E-state index contributed by atoms with van der Waals surface area (Å²) in [5.74, 6) is -1.01. The minimum atomic E-state index is -1.32. The molecule has 2 aliphatic rings. The fourth-order valence-corrected chi connectivity index (χ4v) is 5.27. The average molecular weight is 455 g/mol. The number of likely N-dealkylation sites (tertiary alicyclic amines) is 1. The fraction of sp³-hybridized carbons (Fsp3) is 0.250. The molecule has 1 saturated heterocycles. The summed E-state index contributed by atoms with van der Waals surface area (Å²) in [5, 5.41) is 0. The van der Waals surface area contributed by atoms with Crippen LogP contribution in [0.15, 0.2) is 84.9 Å². The molecule has 2 atom stereocenters. The van der Waals surface area contributed by atoms with E-state index in [-0.39, 0.29) is 31.4 Å². The van der Waals surface area contributed by atoms with Gasteiger partial charge >= 0.3 is 5.97 Å². The summed E-state index contributed by atoms with van der Waals surface area (Å²) >= 11 is 0. The van der Waals surface area contributed by atoms with Crippen molar-refractivity contribution in [3.05, 3.63) is 102 Å². The number of fused-ring (bicyclic) bond motifs is 2. The second-order valence-electron chi connectivity index (χ2n) is 8.70. The van der Waals surface area contributed by atoms with Gasteiger partial charge in [-0.2, -0.15) is 0 Å². The maximum absolute atomic E-state index is 14.2. The Bertz CT molecular complexity index is 1230. The quantitative estimate of drug-likeness (QED) is 0.531. The Kier molecular flexibility index (Phi) is 5.65. The number of hydrogen-bond donors (Lipinski definition) is 0. The van der Waals surface area contributed by atoms with Crippen molar-refractivity contribution in [2.24, 2.45) is 0 Å². The fourth-order valence-electron chi connectivity index (χ4n) is 5.27. The molecule has 1 fully saturated rings. The van der Waals surface area contributed by atoms with Crippen molar-refractivity contribution < 1.29 is 19.1 Å². The molecule has 0 aromatic heterocycles. The normalized spacial score (nSPS) is 21.3. The lowest BCUT2D eigenvalue weighted by molar-refractivity contribution is -0.154. The summed E-state index contributed by atoms with van der Waals surface area (Å²) in [4.78, 5) is 44.2. The van der Waals surface area contributed by atoms with E-state index in [1.54, 1.807) is 11.8 Å². The van der Waals surface area contributed by atoms with E-state index in [2.05, 4.69) is 0 Å². The van der Waals surface area contributed by atoms with Gasteiger partial charge in [-0.15, -0.1) is 0 Å². The molecule has 0 saturated carbocycles. The molecule has 0 bridgehead atoms. The third kappa shape index (κ3) is 3.46. The van der Waals surface area contributed by atoms with Gasteiger partial charge in [-0.25, -0.2) is 4.79 Å². The molecule has 0 unspecified atom stereocenters. The van der Waals surface area contributed by atoms with Gasteiger partial charge in [0, 0.05) is 18.7 Å². The Morgan fingerprint density at radius 1 is 0.882 bits per heavy atom. The Balaban J connectivity index is 1.61. The molecule has 2 aliphatic heterocycles. The zero-order valence-electron chi connectivity index (χ0n) is 19.0. The van der Waals surface area contributed by atoms with Crippen molar-refractivity contribution >= 4 is 23.5 Å². The highest BCUT2D eigenvalue weighted by Crippen LogP contribution is 2.52. The number of esters is 1. The molecule has 2 amide bonds. The van der Waals surface area contributed by atoms with E-state index in [0.717, 1.165) is 16.8 Å². The van der Waals surface area contributed by atoms with Crippen molar-refractivity contribution in [3.8, 4) is 0 Å². The average Bonchev–Trinajstić information content (AvgIpc) is 3.27. The van der Waals surface area contributed by atoms with Crippen molar-refractivity contribution in [2.45, 2.75) is 37.9 Å². The molecule has 0 radical (unpaired) electrons. The molecular formula is C28H26N2O4. The molecule has 6 nitrogen and oxygen atoms in total. The first kappa shape index (κ1) is 21.9. The van der Waals surface area contributed by atoms with Crippen LogP contribution in [0.2, 0.25) is 0 Å². The molecule has 3 aromatic carbocycles.